The summed E-state index contributed by atoms with van der Waals surface area (Å²) in [6.45, 7) is 1.02. The third kappa shape index (κ3) is 2.90. The summed E-state index contributed by atoms with van der Waals surface area (Å²) >= 11 is 0. The molecule has 7 nitrogen and oxygen atoms in total. The van der Waals surface area contributed by atoms with Gasteiger partial charge in [-0.1, -0.05) is 5.21 Å². The second-order valence-electron chi connectivity index (χ2n) is 5.17. The van der Waals surface area contributed by atoms with Gasteiger partial charge in [0.2, 0.25) is 0 Å². The zero-order chi connectivity index (χ0) is 15.5. The minimum Gasteiger partial charge on any atom is -0.470 e. The highest BCUT2D eigenvalue weighted by Crippen LogP contribution is 2.20. The molecule has 0 radical (unpaired) electrons. The standard InChI is InChI=1S/C14H16FN5O2/c1-19-12(8-17-18-19)14(21)20-7-3-4-10(9-20)22-13-11(15)5-2-6-16-13/h2,5-6,8,10H,3-4,7,9H2,1H3. The molecule has 2 aromatic heterocycles. The van der Waals surface area contributed by atoms with Gasteiger partial charge in [0.1, 0.15) is 11.8 Å². The van der Waals surface area contributed by atoms with Crippen molar-refractivity contribution in [3.8, 4) is 5.88 Å². The van der Waals surface area contributed by atoms with E-state index >= 15 is 0 Å². The highest BCUT2D eigenvalue weighted by atomic mass is 19.1. The number of rotatable bonds is 3. The van der Waals surface area contributed by atoms with E-state index in [4.69, 9.17) is 4.74 Å². The predicted molar refractivity (Wildman–Crippen MR) is 74.8 cm³/mol. The van der Waals surface area contributed by atoms with Gasteiger partial charge in [0.25, 0.3) is 11.8 Å². The van der Waals surface area contributed by atoms with Gasteiger partial charge in [-0.15, -0.1) is 5.10 Å². The molecule has 0 bridgehead atoms. The molecule has 0 aliphatic carbocycles. The number of pyridine rings is 1. The fraction of sp³-hybridized carbons (Fsp3) is 0.429. The summed E-state index contributed by atoms with van der Waals surface area (Å²) in [5.41, 5.74) is 0.421. The first-order valence-electron chi connectivity index (χ1n) is 7.06. The average Bonchev–Trinajstić information content (AvgIpc) is 2.95. The van der Waals surface area contributed by atoms with E-state index in [9.17, 15) is 9.18 Å². The quantitative estimate of drug-likeness (QED) is 0.847. The molecule has 0 saturated carbocycles. The topological polar surface area (TPSA) is 73.1 Å². The Balaban J connectivity index is 1.68. The Morgan fingerprint density at radius 1 is 1.50 bits per heavy atom. The van der Waals surface area contributed by atoms with Crippen molar-refractivity contribution in [1.29, 1.82) is 0 Å². The number of aryl methyl sites for hydroxylation is 1. The van der Waals surface area contributed by atoms with Crippen molar-refractivity contribution >= 4 is 5.91 Å². The van der Waals surface area contributed by atoms with E-state index in [2.05, 4.69) is 15.3 Å². The van der Waals surface area contributed by atoms with Crippen LogP contribution in [0.1, 0.15) is 23.3 Å². The fourth-order valence-corrected chi connectivity index (χ4v) is 2.48. The lowest BCUT2D eigenvalue weighted by Gasteiger charge is -2.32. The largest absolute Gasteiger partial charge is 0.470 e. The number of amides is 1. The molecule has 1 atom stereocenters. The van der Waals surface area contributed by atoms with Crippen molar-refractivity contribution in [3.63, 3.8) is 0 Å². The van der Waals surface area contributed by atoms with Crippen molar-refractivity contribution in [2.24, 2.45) is 7.05 Å². The molecule has 3 rings (SSSR count). The number of hydrogen-bond donors (Lipinski definition) is 0. The lowest BCUT2D eigenvalue weighted by atomic mass is 10.1. The van der Waals surface area contributed by atoms with Crippen LogP contribution in [-0.4, -0.2) is 50.0 Å². The van der Waals surface area contributed by atoms with E-state index < -0.39 is 5.82 Å². The van der Waals surface area contributed by atoms with Crippen molar-refractivity contribution in [3.05, 3.63) is 36.0 Å². The van der Waals surface area contributed by atoms with Crippen LogP contribution in [0, 0.1) is 5.82 Å². The predicted octanol–water partition coefficient (Wildman–Crippen LogP) is 1.03. The molecule has 116 valence electrons. The Morgan fingerprint density at radius 2 is 2.36 bits per heavy atom. The number of hydrogen-bond acceptors (Lipinski definition) is 5. The van der Waals surface area contributed by atoms with Crippen LogP contribution in [-0.2, 0) is 7.05 Å². The third-order valence-electron chi connectivity index (χ3n) is 3.60. The minimum absolute atomic E-state index is 0.0241. The van der Waals surface area contributed by atoms with E-state index in [1.54, 1.807) is 11.9 Å². The normalized spacial score (nSPS) is 18.3. The zero-order valence-corrected chi connectivity index (χ0v) is 12.1. The Morgan fingerprint density at radius 3 is 3.09 bits per heavy atom. The maximum Gasteiger partial charge on any atom is 0.273 e. The smallest absolute Gasteiger partial charge is 0.273 e. The van der Waals surface area contributed by atoms with E-state index in [1.165, 1.54) is 29.2 Å². The molecule has 0 N–H and O–H groups in total. The number of halogens is 1. The Labute approximate surface area is 126 Å². The molecular weight excluding hydrogens is 289 g/mol. The molecule has 0 aromatic carbocycles. The first-order valence-corrected chi connectivity index (χ1v) is 7.06. The van der Waals surface area contributed by atoms with Crippen LogP contribution in [0.3, 0.4) is 0 Å². The van der Waals surface area contributed by atoms with Crippen LogP contribution < -0.4 is 4.74 Å². The number of likely N-dealkylation sites (tertiary alicyclic amines) is 1. The second-order valence-corrected chi connectivity index (χ2v) is 5.17. The van der Waals surface area contributed by atoms with Crippen molar-refractivity contribution in [1.82, 2.24) is 24.9 Å². The van der Waals surface area contributed by atoms with Gasteiger partial charge in [0.15, 0.2) is 5.82 Å². The molecule has 1 aliphatic heterocycles. The molecule has 22 heavy (non-hydrogen) atoms. The summed E-state index contributed by atoms with van der Waals surface area (Å²) in [6.07, 6.45) is 4.18. The Kier molecular flexibility index (Phi) is 3.99. The van der Waals surface area contributed by atoms with Gasteiger partial charge in [0.05, 0.1) is 12.7 Å². The number of aromatic nitrogens is 4. The molecule has 8 heteroatoms. The van der Waals surface area contributed by atoms with Crippen LogP contribution in [0.5, 0.6) is 5.88 Å². The number of ether oxygens (including phenoxy) is 1. The number of carbonyl (C=O) groups is 1. The van der Waals surface area contributed by atoms with Crippen LogP contribution in [0.4, 0.5) is 4.39 Å². The molecular formula is C14H16FN5O2. The van der Waals surface area contributed by atoms with Crippen molar-refractivity contribution < 1.29 is 13.9 Å². The molecule has 1 fully saturated rings. The average molecular weight is 305 g/mol. The van der Waals surface area contributed by atoms with Gasteiger partial charge in [0, 0.05) is 19.8 Å². The SMILES string of the molecule is Cn1nncc1C(=O)N1CCCC(Oc2ncccc2F)C1. The maximum atomic E-state index is 13.6. The first-order chi connectivity index (χ1) is 10.6. The van der Waals surface area contributed by atoms with Crippen LogP contribution >= 0.6 is 0 Å². The van der Waals surface area contributed by atoms with Crippen LogP contribution in [0.2, 0.25) is 0 Å². The van der Waals surface area contributed by atoms with Gasteiger partial charge in [-0.2, -0.15) is 0 Å². The Bertz CT molecular complexity index is 675. The monoisotopic (exact) mass is 305 g/mol. The Hall–Kier alpha value is -2.51. The summed E-state index contributed by atoms with van der Waals surface area (Å²) in [5.74, 6) is -0.673. The van der Waals surface area contributed by atoms with Gasteiger partial charge >= 0.3 is 0 Å². The summed E-state index contributed by atoms with van der Waals surface area (Å²) in [6, 6.07) is 2.81. The second kappa shape index (κ2) is 6.08. The molecule has 1 unspecified atom stereocenters. The van der Waals surface area contributed by atoms with Crippen LogP contribution in [0.15, 0.2) is 24.5 Å². The maximum absolute atomic E-state index is 13.6. The van der Waals surface area contributed by atoms with Gasteiger partial charge in [-0.25, -0.2) is 14.1 Å². The highest BCUT2D eigenvalue weighted by Gasteiger charge is 2.28. The highest BCUT2D eigenvalue weighted by molar-refractivity contribution is 5.92. The molecule has 1 amide bonds. The van der Waals surface area contributed by atoms with Crippen molar-refractivity contribution in [2.75, 3.05) is 13.1 Å². The lowest BCUT2D eigenvalue weighted by molar-refractivity contribution is 0.0508. The van der Waals surface area contributed by atoms with Gasteiger partial charge < -0.3 is 9.64 Å². The van der Waals surface area contributed by atoms with Crippen molar-refractivity contribution in [2.45, 2.75) is 18.9 Å². The summed E-state index contributed by atoms with van der Waals surface area (Å²) in [4.78, 5) is 18.0. The molecule has 0 spiro atoms. The van der Waals surface area contributed by atoms with E-state index in [1.807, 2.05) is 0 Å². The zero-order valence-electron chi connectivity index (χ0n) is 12.1. The molecule has 1 saturated heterocycles. The molecule has 1 aliphatic rings. The van der Waals surface area contributed by atoms with E-state index in [0.29, 0.717) is 18.8 Å². The van der Waals surface area contributed by atoms with Gasteiger partial charge in [-0.3, -0.25) is 4.79 Å². The minimum atomic E-state index is -0.498. The van der Waals surface area contributed by atoms with E-state index in [-0.39, 0.29) is 17.9 Å². The summed E-state index contributed by atoms with van der Waals surface area (Å²) in [5, 5.41) is 7.47. The molecule has 3 heterocycles. The third-order valence-corrected chi connectivity index (χ3v) is 3.60. The fourth-order valence-electron chi connectivity index (χ4n) is 2.48. The number of piperidine rings is 1. The number of nitrogens with zero attached hydrogens (tertiary/aromatic N) is 5. The van der Waals surface area contributed by atoms with E-state index in [0.717, 1.165) is 12.8 Å². The first kappa shape index (κ1) is 14.4. The van der Waals surface area contributed by atoms with Crippen LogP contribution in [0.25, 0.3) is 0 Å². The summed E-state index contributed by atoms with van der Waals surface area (Å²) < 4.78 is 20.6. The summed E-state index contributed by atoms with van der Waals surface area (Å²) in [7, 11) is 1.67. The lowest BCUT2D eigenvalue weighted by Crippen LogP contribution is -2.45. The molecule has 2 aromatic rings. The van der Waals surface area contributed by atoms with Gasteiger partial charge in [-0.05, 0) is 25.0 Å². The number of carbonyl (C=O) groups excluding carboxylic acids is 1.